The first-order valence-electron chi connectivity index (χ1n) is 4.27. The lowest BCUT2D eigenvalue weighted by Gasteiger charge is -1.92. The predicted octanol–water partition coefficient (Wildman–Crippen LogP) is 2.49. The Morgan fingerprint density at radius 2 is 1.92 bits per heavy atom. The average Bonchev–Trinajstić information content (AvgIpc) is 2.56. The van der Waals surface area contributed by atoms with E-state index in [0.29, 0.717) is 0 Å². The van der Waals surface area contributed by atoms with Crippen LogP contribution >= 0.6 is 0 Å². The first kappa shape index (κ1) is 6.66. The molecule has 0 saturated heterocycles. The van der Waals surface area contributed by atoms with E-state index in [1.807, 2.05) is 22.7 Å². The SMILES string of the molecule is c1ccc2c(c1)cc1cccnn12. The van der Waals surface area contributed by atoms with Crippen LogP contribution in [0, 0.1) is 0 Å². The molecule has 62 valence electrons. The Morgan fingerprint density at radius 1 is 1.00 bits per heavy atom. The molecule has 0 spiro atoms. The molecule has 3 aromatic rings. The van der Waals surface area contributed by atoms with E-state index in [4.69, 9.17) is 0 Å². The van der Waals surface area contributed by atoms with Crippen LogP contribution in [0.5, 0.6) is 0 Å². The zero-order valence-corrected chi connectivity index (χ0v) is 7.01. The van der Waals surface area contributed by atoms with Gasteiger partial charge in [-0.05, 0) is 24.3 Å². The van der Waals surface area contributed by atoms with Gasteiger partial charge in [0, 0.05) is 11.6 Å². The molecule has 3 rings (SSSR count). The van der Waals surface area contributed by atoms with Gasteiger partial charge in [-0.15, -0.1) is 0 Å². The molecule has 0 N–H and O–H groups in total. The highest BCUT2D eigenvalue weighted by atomic mass is 15.2. The molecule has 1 aromatic carbocycles. The fourth-order valence-corrected chi connectivity index (χ4v) is 1.66. The highest BCUT2D eigenvalue weighted by molar-refractivity contribution is 5.86. The van der Waals surface area contributed by atoms with Gasteiger partial charge in [-0.1, -0.05) is 18.2 Å². The normalized spacial score (nSPS) is 11.1. The second-order valence-electron chi connectivity index (χ2n) is 3.06. The Kier molecular flexibility index (Phi) is 1.19. The molecular formula is C11H8N2. The fourth-order valence-electron chi connectivity index (χ4n) is 1.66. The Balaban J connectivity index is 2.64. The molecule has 2 aromatic heterocycles. The highest BCUT2D eigenvalue weighted by Gasteiger charge is 1.99. The van der Waals surface area contributed by atoms with E-state index in [1.165, 1.54) is 5.39 Å². The van der Waals surface area contributed by atoms with Crippen LogP contribution in [-0.2, 0) is 0 Å². The number of nitrogens with zero attached hydrogens (tertiary/aromatic N) is 2. The van der Waals surface area contributed by atoms with Crippen molar-refractivity contribution in [2.24, 2.45) is 0 Å². The minimum Gasteiger partial charge on any atom is -0.233 e. The molecule has 0 fully saturated rings. The summed E-state index contributed by atoms with van der Waals surface area (Å²) in [7, 11) is 0. The number of hydrogen-bond acceptors (Lipinski definition) is 1. The number of fused-ring (bicyclic) bond motifs is 3. The lowest BCUT2D eigenvalue weighted by molar-refractivity contribution is 0.975. The minimum absolute atomic E-state index is 1.14. The monoisotopic (exact) mass is 168 g/mol. The summed E-state index contributed by atoms with van der Waals surface area (Å²) in [6, 6.07) is 14.4. The molecule has 0 amide bonds. The lowest BCUT2D eigenvalue weighted by atomic mass is 10.2. The van der Waals surface area contributed by atoms with Crippen molar-refractivity contribution in [1.82, 2.24) is 9.61 Å². The molecule has 0 unspecified atom stereocenters. The van der Waals surface area contributed by atoms with Gasteiger partial charge in [0.25, 0.3) is 0 Å². The van der Waals surface area contributed by atoms with E-state index in [1.54, 1.807) is 6.20 Å². The van der Waals surface area contributed by atoms with E-state index in [0.717, 1.165) is 11.0 Å². The molecule has 2 heterocycles. The van der Waals surface area contributed by atoms with Crippen molar-refractivity contribution in [2.75, 3.05) is 0 Å². The molecule has 2 nitrogen and oxygen atoms in total. The van der Waals surface area contributed by atoms with E-state index < -0.39 is 0 Å². The number of para-hydroxylation sites is 1. The molecule has 0 atom stereocenters. The summed E-state index contributed by atoms with van der Waals surface area (Å²) in [6.07, 6.45) is 1.80. The molecule has 0 aliphatic carbocycles. The fraction of sp³-hybridized carbons (Fsp3) is 0. The van der Waals surface area contributed by atoms with Gasteiger partial charge in [0.2, 0.25) is 0 Å². The topological polar surface area (TPSA) is 17.3 Å². The minimum atomic E-state index is 1.14. The van der Waals surface area contributed by atoms with Gasteiger partial charge in [-0.25, -0.2) is 4.52 Å². The molecule has 0 bridgehead atoms. The second kappa shape index (κ2) is 2.33. The van der Waals surface area contributed by atoms with E-state index >= 15 is 0 Å². The summed E-state index contributed by atoms with van der Waals surface area (Å²) in [5.74, 6) is 0. The summed E-state index contributed by atoms with van der Waals surface area (Å²) >= 11 is 0. The van der Waals surface area contributed by atoms with Crippen LogP contribution in [0.25, 0.3) is 16.4 Å². The van der Waals surface area contributed by atoms with Crippen LogP contribution in [-0.4, -0.2) is 9.61 Å². The number of hydrogen-bond donors (Lipinski definition) is 0. The van der Waals surface area contributed by atoms with Gasteiger partial charge < -0.3 is 0 Å². The van der Waals surface area contributed by atoms with Gasteiger partial charge in [-0.3, -0.25) is 0 Å². The predicted molar refractivity (Wildman–Crippen MR) is 52.7 cm³/mol. The van der Waals surface area contributed by atoms with Crippen LogP contribution in [0.3, 0.4) is 0 Å². The van der Waals surface area contributed by atoms with Crippen LogP contribution in [0.15, 0.2) is 48.7 Å². The Morgan fingerprint density at radius 3 is 2.92 bits per heavy atom. The summed E-state index contributed by atoms with van der Waals surface area (Å²) in [6.45, 7) is 0. The van der Waals surface area contributed by atoms with Gasteiger partial charge >= 0.3 is 0 Å². The summed E-state index contributed by atoms with van der Waals surface area (Å²) in [5, 5.41) is 5.52. The third-order valence-electron chi connectivity index (χ3n) is 2.25. The van der Waals surface area contributed by atoms with Crippen molar-refractivity contribution in [3.63, 3.8) is 0 Å². The number of benzene rings is 1. The van der Waals surface area contributed by atoms with Crippen molar-refractivity contribution in [2.45, 2.75) is 0 Å². The Hall–Kier alpha value is -1.83. The maximum atomic E-state index is 4.29. The van der Waals surface area contributed by atoms with Crippen molar-refractivity contribution in [3.8, 4) is 0 Å². The average molecular weight is 168 g/mol. The Bertz CT molecular complexity index is 516. The molecule has 0 radical (unpaired) electrons. The molecule has 0 saturated carbocycles. The third-order valence-corrected chi connectivity index (χ3v) is 2.25. The molecule has 13 heavy (non-hydrogen) atoms. The smallest absolute Gasteiger partial charge is 0.0725 e. The first-order valence-corrected chi connectivity index (χ1v) is 4.27. The lowest BCUT2D eigenvalue weighted by Crippen LogP contribution is -1.87. The highest BCUT2D eigenvalue weighted by Crippen LogP contribution is 2.17. The molecule has 0 aliphatic heterocycles. The number of rotatable bonds is 0. The van der Waals surface area contributed by atoms with Gasteiger partial charge in [-0.2, -0.15) is 5.10 Å². The maximum absolute atomic E-state index is 4.29. The summed E-state index contributed by atoms with van der Waals surface area (Å²) in [5.41, 5.74) is 2.31. The maximum Gasteiger partial charge on any atom is 0.0725 e. The van der Waals surface area contributed by atoms with Crippen LogP contribution in [0.2, 0.25) is 0 Å². The van der Waals surface area contributed by atoms with Gasteiger partial charge in [0.1, 0.15) is 0 Å². The standard InChI is InChI=1S/C11H8N2/c1-2-6-11-9(4-1)8-10-5-3-7-12-13(10)11/h1-8H. The van der Waals surface area contributed by atoms with Crippen molar-refractivity contribution in [1.29, 1.82) is 0 Å². The van der Waals surface area contributed by atoms with Gasteiger partial charge in [0.05, 0.1) is 11.0 Å². The molecular weight excluding hydrogens is 160 g/mol. The van der Waals surface area contributed by atoms with E-state index in [2.05, 4.69) is 29.4 Å². The number of aromatic nitrogens is 2. The Labute approximate surface area is 75.4 Å². The zero-order chi connectivity index (χ0) is 8.67. The van der Waals surface area contributed by atoms with Crippen molar-refractivity contribution >= 4 is 16.4 Å². The van der Waals surface area contributed by atoms with Gasteiger partial charge in [0.15, 0.2) is 0 Å². The van der Waals surface area contributed by atoms with Crippen LogP contribution in [0.1, 0.15) is 0 Å². The molecule has 0 aliphatic rings. The second-order valence-corrected chi connectivity index (χ2v) is 3.06. The summed E-state index contributed by atoms with van der Waals surface area (Å²) < 4.78 is 1.95. The zero-order valence-electron chi connectivity index (χ0n) is 7.01. The van der Waals surface area contributed by atoms with E-state index in [9.17, 15) is 0 Å². The van der Waals surface area contributed by atoms with Crippen LogP contribution in [0.4, 0.5) is 0 Å². The van der Waals surface area contributed by atoms with Crippen molar-refractivity contribution < 1.29 is 0 Å². The first-order chi connectivity index (χ1) is 6.45. The van der Waals surface area contributed by atoms with E-state index in [-0.39, 0.29) is 0 Å². The largest absolute Gasteiger partial charge is 0.233 e. The molecule has 2 heteroatoms. The quantitative estimate of drug-likeness (QED) is 0.504. The van der Waals surface area contributed by atoms with Crippen LogP contribution < -0.4 is 0 Å². The van der Waals surface area contributed by atoms with Crippen molar-refractivity contribution in [3.05, 3.63) is 48.7 Å². The third kappa shape index (κ3) is 0.855. The summed E-state index contributed by atoms with van der Waals surface area (Å²) in [4.78, 5) is 0.